The highest BCUT2D eigenvalue weighted by molar-refractivity contribution is 5.67. The smallest absolute Gasteiger partial charge is 0.329 e. The third-order valence-corrected chi connectivity index (χ3v) is 6.36. The van der Waals surface area contributed by atoms with E-state index in [-0.39, 0.29) is 12.9 Å². The Morgan fingerprint density at radius 2 is 1.83 bits per heavy atom. The first kappa shape index (κ1) is 18.1. The van der Waals surface area contributed by atoms with Crippen LogP contribution in [0, 0.1) is 29.1 Å². The monoisotopic (exact) mass is 342 g/mol. The van der Waals surface area contributed by atoms with Crippen molar-refractivity contribution in [2.24, 2.45) is 29.1 Å². The molecule has 0 amide bonds. The van der Waals surface area contributed by atoms with Gasteiger partial charge >= 0.3 is 5.97 Å². The van der Waals surface area contributed by atoms with Crippen LogP contribution in [0.25, 0.3) is 0 Å². The van der Waals surface area contributed by atoms with Gasteiger partial charge in [0.05, 0.1) is 26.4 Å². The molecule has 4 rings (SSSR count). The van der Waals surface area contributed by atoms with Crippen LogP contribution in [-0.2, 0) is 23.7 Å². The van der Waals surface area contributed by atoms with Gasteiger partial charge in [-0.2, -0.15) is 0 Å². The van der Waals surface area contributed by atoms with Crippen molar-refractivity contribution in [3.8, 4) is 0 Å². The summed E-state index contributed by atoms with van der Waals surface area (Å²) in [5.41, 5.74) is 0.421. The largest absolute Gasteiger partial charge is 0.480 e. The van der Waals surface area contributed by atoms with E-state index in [0.29, 0.717) is 50.3 Å². The van der Waals surface area contributed by atoms with Crippen LogP contribution in [0.3, 0.4) is 0 Å². The second-order valence-electron chi connectivity index (χ2n) is 7.88. The van der Waals surface area contributed by atoms with Gasteiger partial charge in [-0.05, 0) is 42.4 Å². The molecule has 1 heterocycles. The summed E-state index contributed by atoms with van der Waals surface area (Å²) in [7, 11) is 0. The van der Waals surface area contributed by atoms with Gasteiger partial charge in [-0.3, -0.25) is 0 Å². The first-order chi connectivity index (χ1) is 11.5. The minimum atomic E-state index is -0.946. The zero-order chi connectivity index (χ0) is 17.2. The molecule has 0 aromatic heterocycles. The van der Waals surface area contributed by atoms with Crippen molar-refractivity contribution in [2.75, 3.05) is 39.6 Å². The molecule has 3 aliphatic carbocycles. The summed E-state index contributed by atoms with van der Waals surface area (Å²) in [6.45, 7) is 7.40. The summed E-state index contributed by atoms with van der Waals surface area (Å²) in [4.78, 5) is 10.4. The predicted octanol–water partition coefficient (Wildman–Crippen LogP) is 2.17. The molecule has 1 saturated heterocycles. The van der Waals surface area contributed by atoms with E-state index in [1.807, 2.05) is 0 Å². The van der Waals surface area contributed by atoms with E-state index in [2.05, 4.69) is 13.8 Å². The molecule has 1 N–H and O–H groups in total. The number of hydrogen-bond acceptors (Lipinski definition) is 5. The maximum atomic E-state index is 10.4. The van der Waals surface area contributed by atoms with Gasteiger partial charge in [0, 0.05) is 12.5 Å². The quantitative estimate of drug-likeness (QED) is 0.647. The molecule has 3 saturated carbocycles. The molecule has 1 aliphatic heterocycles. The van der Waals surface area contributed by atoms with Crippen LogP contribution in [0.5, 0.6) is 0 Å². The van der Waals surface area contributed by atoms with E-state index in [4.69, 9.17) is 24.1 Å². The molecule has 2 unspecified atom stereocenters. The standard InChI is InChI=1S/C18H30O6/c1-18(2)12-9-14(17-23-7-8-24-17)13(15(18)10-12)3-4-21-5-6-22-11-16(19)20/h12-15,17H,3-11H2,1-2H3,(H,19,20)/t12?,13-,14+,15?/m0/s1. The van der Waals surface area contributed by atoms with Crippen LogP contribution in [0.4, 0.5) is 0 Å². The lowest BCUT2D eigenvalue weighted by Gasteiger charge is -2.63. The highest BCUT2D eigenvalue weighted by Crippen LogP contribution is 2.64. The number of rotatable bonds is 9. The van der Waals surface area contributed by atoms with Gasteiger partial charge in [-0.15, -0.1) is 0 Å². The predicted molar refractivity (Wildman–Crippen MR) is 86.6 cm³/mol. The summed E-state index contributed by atoms with van der Waals surface area (Å²) in [5, 5.41) is 8.51. The fourth-order valence-corrected chi connectivity index (χ4v) is 4.94. The maximum absolute atomic E-state index is 10.4. The van der Waals surface area contributed by atoms with Crippen LogP contribution < -0.4 is 0 Å². The van der Waals surface area contributed by atoms with E-state index >= 15 is 0 Å². The molecule has 0 aromatic carbocycles. The van der Waals surface area contributed by atoms with Gasteiger partial charge in [0.2, 0.25) is 0 Å². The van der Waals surface area contributed by atoms with Crippen LogP contribution >= 0.6 is 0 Å². The Kier molecular flexibility index (Phi) is 5.80. The molecule has 24 heavy (non-hydrogen) atoms. The van der Waals surface area contributed by atoms with Crippen molar-refractivity contribution >= 4 is 5.97 Å². The highest BCUT2D eigenvalue weighted by Gasteiger charge is 2.59. The van der Waals surface area contributed by atoms with Crippen molar-refractivity contribution in [3.63, 3.8) is 0 Å². The second-order valence-corrected chi connectivity index (χ2v) is 7.88. The first-order valence-electron chi connectivity index (χ1n) is 9.10. The lowest BCUT2D eigenvalue weighted by Crippen LogP contribution is -2.58. The number of fused-ring (bicyclic) bond motifs is 2. The van der Waals surface area contributed by atoms with Gasteiger partial charge in [0.15, 0.2) is 6.29 Å². The van der Waals surface area contributed by atoms with Crippen molar-refractivity contribution in [1.82, 2.24) is 0 Å². The minimum Gasteiger partial charge on any atom is -0.480 e. The van der Waals surface area contributed by atoms with Gasteiger partial charge in [0.1, 0.15) is 6.61 Å². The Morgan fingerprint density at radius 1 is 1.12 bits per heavy atom. The average Bonchev–Trinajstić information content (AvgIpc) is 3.07. The number of aliphatic carboxylic acids is 1. The number of ether oxygens (including phenoxy) is 4. The zero-order valence-electron chi connectivity index (χ0n) is 14.7. The normalized spacial score (nSPS) is 34.9. The van der Waals surface area contributed by atoms with Gasteiger partial charge in [0.25, 0.3) is 0 Å². The summed E-state index contributed by atoms with van der Waals surface area (Å²) in [6.07, 6.45) is 3.49. The lowest BCUT2D eigenvalue weighted by molar-refractivity contribution is -0.202. The highest BCUT2D eigenvalue weighted by atomic mass is 16.7. The third kappa shape index (κ3) is 3.77. The van der Waals surface area contributed by atoms with Crippen LogP contribution in [-0.4, -0.2) is 57.0 Å². The Hall–Kier alpha value is -0.690. The Morgan fingerprint density at radius 3 is 2.50 bits per heavy atom. The van der Waals surface area contributed by atoms with E-state index in [1.165, 1.54) is 12.8 Å². The van der Waals surface area contributed by atoms with Crippen molar-refractivity contribution in [2.45, 2.75) is 39.4 Å². The molecule has 0 aromatic rings. The van der Waals surface area contributed by atoms with E-state index in [1.54, 1.807) is 0 Å². The van der Waals surface area contributed by atoms with Gasteiger partial charge < -0.3 is 24.1 Å². The molecule has 6 nitrogen and oxygen atoms in total. The van der Waals surface area contributed by atoms with Gasteiger partial charge in [-0.1, -0.05) is 13.8 Å². The number of carbonyl (C=O) groups is 1. The maximum Gasteiger partial charge on any atom is 0.329 e. The van der Waals surface area contributed by atoms with E-state index < -0.39 is 5.97 Å². The zero-order valence-corrected chi connectivity index (χ0v) is 14.7. The molecule has 4 aliphatic rings. The SMILES string of the molecule is CC1(C)C2CC1[C@@H](CCOCCOCC(=O)O)[C@H](C1OCCO1)C2. The molecule has 4 atom stereocenters. The molecule has 4 fully saturated rings. The molecule has 138 valence electrons. The van der Waals surface area contributed by atoms with E-state index in [9.17, 15) is 4.79 Å². The Labute approximate surface area is 143 Å². The molecular weight excluding hydrogens is 312 g/mol. The van der Waals surface area contributed by atoms with Crippen LogP contribution in [0.15, 0.2) is 0 Å². The lowest BCUT2D eigenvalue weighted by atomic mass is 9.42. The molecule has 2 bridgehead atoms. The van der Waals surface area contributed by atoms with Gasteiger partial charge in [-0.25, -0.2) is 4.79 Å². The average molecular weight is 342 g/mol. The van der Waals surface area contributed by atoms with Crippen molar-refractivity contribution < 1.29 is 28.8 Å². The van der Waals surface area contributed by atoms with Crippen molar-refractivity contribution in [1.29, 1.82) is 0 Å². The summed E-state index contributed by atoms with van der Waals surface area (Å²) >= 11 is 0. The third-order valence-electron chi connectivity index (χ3n) is 6.36. The Balaban J connectivity index is 1.44. The topological polar surface area (TPSA) is 74.2 Å². The van der Waals surface area contributed by atoms with E-state index in [0.717, 1.165) is 18.3 Å². The number of carboxylic acid groups (broad SMARTS) is 1. The Bertz CT molecular complexity index is 431. The summed E-state index contributed by atoms with van der Waals surface area (Å²) in [6, 6.07) is 0. The molecular formula is C18H30O6. The second kappa shape index (κ2) is 7.68. The number of carboxylic acids is 1. The van der Waals surface area contributed by atoms with Crippen LogP contribution in [0.1, 0.15) is 33.1 Å². The molecule has 6 heteroatoms. The fraction of sp³-hybridized carbons (Fsp3) is 0.944. The fourth-order valence-electron chi connectivity index (χ4n) is 4.94. The summed E-state index contributed by atoms with van der Waals surface area (Å²) < 4.78 is 22.3. The number of hydrogen-bond donors (Lipinski definition) is 1. The van der Waals surface area contributed by atoms with Crippen molar-refractivity contribution in [3.05, 3.63) is 0 Å². The summed E-state index contributed by atoms with van der Waals surface area (Å²) in [5.74, 6) is 1.63. The molecule has 0 spiro atoms. The minimum absolute atomic E-state index is 0.0321. The first-order valence-corrected chi connectivity index (χ1v) is 9.10. The molecule has 0 radical (unpaired) electrons. The van der Waals surface area contributed by atoms with Crippen LogP contribution in [0.2, 0.25) is 0 Å².